The fourth-order valence-electron chi connectivity index (χ4n) is 8.14. The van der Waals surface area contributed by atoms with Crippen LogP contribution in [-0.2, 0) is 14.9 Å². The van der Waals surface area contributed by atoms with Gasteiger partial charge in [-0.15, -0.1) is 0 Å². The summed E-state index contributed by atoms with van der Waals surface area (Å²) >= 11 is 0. The quantitative estimate of drug-likeness (QED) is 0.313. The molecule has 4 rings (SSSR count). The third kappa shape index (κ3) is 6.19. The van der Waals surface area contributed by atoms with E-state index >= 15 is 0 Å². The second kappa shape index (κ2) is 12.2. The number of carbonyl (C=O) groups is 1. The Balaban J connectivity index is 0.00000228. The van der Waals surface area contributed by atoms with Gasteiger partial charge in [0.1, 0.15) is 6.10 Å². The van der Waals surface area contributed by atoms with Crippen molar-refractivity contribution in [1.29, 1.82) is 0 Å². The maximum atomic E-state index is 12.2. The zero-order valence-corrected chi connectivity index (χ0v) is 25.0. The first-order valence-corrected chi connectivity index (χ1v) is 14.4. The van der Waals surface area contributed by atoms with E-state index in [0.717, 1.165) is 57.3 Å². The molecular weight excluding hydrogens is 493 g/mol. The van der Waals surface area contributed by atoms with Crippen molar-refractivity contribution in [2.45, 2.75) is 85.0 Å². The number of fused-ring (bicyclic) bond motifs is 5. The fourth-order valence-corrected chi connectivity index (χ4v) is 8.49. The van der Waals surface area contributed by atoms with Crippen LogP contribution in [0.3, 0.4) is 0 Å². The van der Waals surface area contributed by atoms with Gasteiger partial charge < -0.3 is 25.6 Å². The third-order valence-electron chi connectivity index (χ3n) is 10.1. The van der Waals surface area contributed by atoms with Crippen LogP contribution in [0.4, 0.5) is 0 Å². The Labute approximate surface area is 239 Å². The fraction of sp³-hybridized carbons (Fsp3) is 0.808. The van der Waals surface area contributed by atoms with E-state index in [1.165, 1.54) is 5.92 Å². The van der Waals surface area contributed by atoms with Crippen molar-refractivity contribution in [3.63, 3.8) is 0 Å². The van der Waals surface area contributed by atoms with Gasteiger partial charge in [-0.3, -0.25) is 4.79 Å². The number of nitrogens with one attached hydrogen (secondary N) is 1. The van der Waals surface area contributed by atoms with E-state index in [1.807, 2.05) is 0 Å². The number of rotatable bonds is 7. The number of aliphatic hydroxyl groups excluding tert-OH is 2. The van der Waals surface area contributed by atoms with Gasteiger partial charge in [0.15, 0.2) is 0 Å². The molecule has 10 heteroatoms. The summed E-state index contributed by atoms with van der Waals surface area (Å²) in [6.07, 6.45) is 9.66. The smallest absolute Gasteiger partial charge is 0.748 e. The summed E-state index contributed by atoms with van der Waals surface area (Å²) in [4.78, 5) is 12.2. The Bertz CT molecular complexity index is 872. The third-order valence-corrected chi connectivity index (χ3v) is 10.8. The van der Waals surface area contributed by atoms with Crippen LogP contribution < -0.4 is 34.9 Å². The Hall–Kier alpha value is 0.260. The largest absolute Gasteiger partial charge is 1.00 e. The average molecular weight is 536 g/mol. The van der Waals surface area contributed by atoms with E-state index in [4.69, 9.17) is 0 Å². The molecule has 0 heterocycles. The maximum absolute atomic E-state index is 12.2. The molecule has 1 amide bonds. The van der Waals surface area contributed by atoms with E-state index in [9.17, 15) is 28.0 Å². The molecule has 0 unspecified atom stereocenters. The zero-order chi connectivity index (χ0) is 24.9. The predicted molar refractivity (Wildman–Crippen MR) is 130 cm³/mol. The first-order valence-electron chi connectivity index (χ1n) is 12.8. The van der Waals surface area contributed by atoms with E-state index in [1.54, 1.807) is 0 Å². The van der Waals surface area contributed by atoms with Crippen LogP contribution in [-0.4, -0.2) is 46.9 Å². The molecule has 0 aromatic rings. The molecule has 36 heavy (non-hydrogen) atoms. The van der Waals surface area contributed by atoms with Gasteiger partial charge in [0.2, 0.25) is 5.91 Å². The summed E-state index contributed by atoms with van der Waals surface area (Å²) in [7, 11) is -4.33. The molecule has 8 nitrogen and oxygen atoms in total. The number of hydrogen-bond acceptors (Lipinski definition) is 6. The van der Waals surface area contributed by atoms with Crippen LogP contribution in [0.15, 0.2) is 0 Å². The topological polar surface area (TPSA) is 158 Å². The van der Waals surface area contributed by atoms with Gasteiger partial charge >= 0.3 is 29.6 Å². The summed E-state index contributed by atoms with van der Waals surface area (Å²) in [5.74, 6) is 3.50. The summed E-state index contributed by atoms with van der Waals surface area (Å²) in [5, 5.41) is 24.2. The van der Waals surface area contributed by atoms with Crippen molar-refractivity contribution in [2.75, 3.05) is 12.3 Å². The standard InChI is InChI=1S/C26H41NO6S.Na.H2O/c1-16(4-9-24(30)27-12-13-34(31,32)33)20-7-8-21-19-6-5-17-14-18(28)10-11-25(17,2)22(19)15-23(29)26(20,21)3;;/h17,19,21-22,28-29H,4-15H2,1-3H3,(H,27,30)(H,31,32,33);;1H2/q;+1;/p-1/t17-,19+,21+,22+,25+,26-;;/m1../s1. The Kier molecular flexibility index (Phi) is 11.0. The van der Waals surface area contributed by atoms with Crippen LogP contribution in [0.5, 0.6) is 0 Å². The van der Waals surface area contributed by atoms with Crippen LogP contribution in [0.2, 0.25) is 0 Å². The minimum absolute atomic E-state index is 0. The molecule has 0 spiro atoms. The van der Waals surface area contributed by atoms with Crippen molar-refractivity contribution >= 4 is 16.0 Å². The predicted octanol–water partition coefficient (Wildman–Crippen LogP) is 0.238. The molecule has 0 bridgehead atoms. The van der Waals surface area contributed by atoms with Gasteiger partial charge in [-0.05, 0) is 98.7 Å². The SMILES string of the molecule is C[C](CCC(=O)NCCS(=O)(=O)[O-])[C]1CC[C@H]2[C@@H]3CC[C@@H]4C[C](O)CC[C@]4(C)[C@H]3C[C](O)[C@]12C.O.[Na+]. The molecule has 4 aliphatic carbocycles. The van der Waals surface area contributed by atoms with Gasteiger partial charge in [0.25, 0.3) is 0 Å². The van der Waals surface area contributed by atoms with E-state index in [-0.39, 0.29) is 64.7 Å². The van der Waals surface area contributed by atoms with Crippen molar-refractivity contribution < 1.29 is 63.0 Å². The van der Waals surface area contributed by atoms with Crippen molar-refractivity contribution in [1.82, 2.24) is 5.32 Å². The summed E-state index contributed by atoms with van der Waals surface area (Å²) in [6.45, 7) is 6.48. The van der Waals surface area contributed by atoms with E-state index in [2.05, 4.69) is 26.1 Å². The molecule has 6 atom stereocenters. The van der Waals surface area contributed by atoms with Crippen LogP contribution in [0, 0.1) is 58.5 Å². The Morgan fingerprint density at radius 3 is 2.44 bits per heavy atom. The first-order chi connectivity index (χ1) is 15.9. The number of aliphatic hydroxyl groups is 2. The number of amides is 1. The number of carbonyl (C=O) groups excluding carboxylic acids is 1. The maximum Gasteiger partial charge on any atom is 1.00 e. The summed E-state index contributed by atoms with van der Waals surface area (Å²) in [6, 6.07) is 0. The van der Waals surface area contributed by atoms with Crippen molar-refractivity contribution in [2.24, 2.45) is 34.5 Å². The van der Waals surface area contributed by atoms with Gasteiger partial charge in [-0.1, -0.05) is 20.8 Å². The Morgan fingerprint density at radius 1 is 1.08 bits per heavy atom. The summed E-state index contributed by atoms with van der Waals surface area (Å²) < 4.78 is 32.1. The van der Waals surface area contributed by atoms with Gasteiger partial charge in [0.05, 0.1) is 22.0 Å². The Morgan fingerprint density at radius 2 is 1.78 bits per heavy atom. The summed E-state index contributed by atoms with van der Waals surface area (Å²) in [5.41, 5.74) is -0.174. The normalized spacial score (nSPS) is 37.3. The van der Waals surface area contributed by atoms with Crippen LogP contribution in [0.25, 0.3) is 0 Å². The average Bonchev–Trinajstić information content (AvgIpc) is 3.11. The molecule has 0 saturated heterocycles. The van der Waals surface area contributed by atoms with E-state index in [0.29, 0.717) is 42.3 Å². The molecule has 4 saturated carbocycles. The van der Waals surface area contributed by atoms with Gasteiger partial charge in [-0.2, -0.15) is 0 Å². The minimum atomic E-state index is -4.33. The number of hydrogen-bond donors (Lipinski definition) is 3. The van der Waals surface area contributed by atoms with E-state index < -0.39 is 15.9 Å². The van der Waals surface area contributed by atoms with Gasteiger partial charge in [0, 0.05) is 18.4 Å². The van der Waals surface area contributed by atoms with Crippen LogP contribution >= 0.6 is 0 Å². The molecule has 200 valence electrons. The molecule has 4 aliphatic rings. The molecular formula is C26H42NNaO7S. The van der Waals surface area contributed by atoms with Gasteiger partial charge in [-0.25, -0.2) is 8.42 Å². The molecule has 4 radical (unpaired) electrons. The molecule has 0 aromatic heterocycles. The molecule has 4 fully saturated rings. The minimum Gasteiger partial charge on any atom is -0.748 e. The second-order valence-electron chi connectivity index (χ2n) is 11.7. The van der Waals surface area contributed by atoms with Crippen molar-refractivity contribution in [3.05, 3.63) is 24.0 Å². The molecule has 0 aromatic carbocycles. The monoisotopic (exact) mass is 535 g/mol. The van der Waals surface area contributed by atoms with Crippen molar-refractivity contribution in [3.8, 4) is 0 Å². The second-order valence-corrected chi connectivity index (χ2v) is 13.2. The zero-order valence-electron chi connectivity index (χ0n) is 22.2. The van der Waals surface area contributed by atoms with Crippen LogP contribution in [0.1, 0.15) is 85.0 Å². The first kappa shape index (κ1) is 32.5. The molecule has 0 aliphatic heterocycles. The molecule has 5 N–H and O–H groups in total.